The minimum atomic E-state index is 0. The summed E-state index contributed by atoms with van der Waals surface area (Å²) < 4.78 is 5.37. The van der Waals surface area contributed by atoms with Gasteiger partial charge in [0, 0.05) is 7.97 Å². The molecular weight excluding hydrogens is 190 g/mol. The maximum Gasteiger partial charge on any atom is 0.303 e. The second kappa shape index (κ2) is 6.44. The predicted octanol–water partition coefficient (Wildman–Crippen LogP) is 2.15. The lowest BCUT2D eigenvalue weighted by Gasteiger charge is -2.05. The monoisotopic (exact) mass is 205 g/mol. The summed E-state index contributed by atoms with van der Waals surface area (Å²) in [6.07, 6.45) is 2.70. The van der Waals surface area contributed by atoms with E-state index in [9.17, 15) is 0 Å². The molecule has 0 heterocycles. The minimum Gasteiger partial charge on any atom is -0.425 e. The molecule has 0 saturated heterocycles. The molecular formula is C11H15N3O. The summed E-state index contributed by atoms with van der Waals surface area (Å²) in [5.74, 6) is 0.662. The number of nitrogens with zero attached hydrogens (tertiary/aromatic N) is 2. The lowest BCUT2D eigenvalue weighted by Crippen LogP contribution is -2.24. The van der Waals surface area contributed by atoms with Gasteiger partial charge in [-0.15, -0.1) is 0 Å². The Morgan fingerprint density at radius 1 is 1.53 bits per heavy atom. The van der Waals surface area contributed by atoms with Crippen molar-refractivity contribution in [3.63, 3.8) is 0 Å². The van der Waals surface area contributed by atoms with E-state index in [2.05, 4.69) is 10.3 Å². The summed E-state index contributed by atoms with van der Waals surface area (Å²) in [6, 6.07) is 9.47. The molecule has 0 aliphatic heterocycles. The first kappa shape index (κ1) is 11.1. The summed E-state index contributed by atoms with van der Waals surface area (Å²) in [7, 11) is 0. The minimum absolute atomic E-state index is 0. The average Bonchev–Trinajstić information content (AvgIpc) is 2.28. The molecule has 4 heteroatoms. The van der Waals surface area contributed by atoms with E-state index in [1.165, 1.54) is 0 Å². The zero-order valence-corrected chi connectivity index (χ0v) is 8.60. The molecule has 0 unspecified atom stereocenters. The maximum absolute atomic E-state index is 8.49. The number of rotatable bonds is 3. The van der Waals surface area contributed by atoms with Crippen LogP contribution < -0.4 is 10.1 Å². The number of nitriles is 1. The van der Waals surface area contributed by atoms with Crippen molar-refractivity contribution in [3.8, 4) is 11.9 Å². The summed E-state index contributed by atoms with van der Waals surface area (Å²) in [4.78, 5) is 4.09. The van der Waals surface area contributed by atoms with E-state index in [0.717, 1.165) is 6.42 Å². The molecule has 1 aromatic carbocycles. The standard InChI is InChI=1S/C11H13N3O.H2/c1-2-8-13-11(14-9-12)15-10-6-4-3-5-7-10;/h3-7H,2,8H2,1H3,(H,13,14);1H. The Labute approximate surface area is 90.7 Å². The Kier molecular flexibility index (Phi) is 4.74. The average molecular weight is 205 g/mol. The van der Waals surface area contributed by atoms with E-state index in [4.69, 9.17) is 10.00 Å². The highest BCUT2D eigenvalue weighted by molar-refractivity contribution is 5.77. The third-order valence-corrected chi connectivity index (χ3v) is 1.60. The van der Waals surface area contributed by atoms with Gasteiger partial charge in [-0.05, 0) is 18.6 Å². The molecule has 1 N–H and O–H groups in total. The van der Waals surface area contributed by atoms with Gasteiger partial charge < -0.3 is 4.74 Å². The van der Waals surface area contributed by atoms with Gasteiger partial charge in [0.25, 0.3) is 0 Å². The van der Waals surface area contributed by atoms with Crippen LogP contribution in [0.25, 0.3) is 0 Å². The molecule has 15 heavy (non-hydrogen) atoms. The van der Waals surface area contributed by atoms with Gasteiger partial charge in [0.15, 0.2) is 6.19 Å². The Bertz CT molecular complexity index is 359. The Balaban J connectivity index is 0.00000225. The van der Waals surface area contributed by atoms with E-state index in [0.29, 0.717) is 12.3 Å². The van der Waals surface area contributed by atoms with Gasteiger partial charge in [0.2, 0.25) is 0 Å². The summed E-state index contributed by atoms with van der Waals surface area (Å²) in [5.41, 5.74) is 0. The first-order valence-electron chi connectivity index (χ1n) is 4.79. The molecule has 1 rings (SSSR count). The van der Waals surface area contributed by atoms with Crippen LogP contribution in [0.3, 0.4) is 0 Å². The van der Waals surface area contributed by atoms with Crippen LogP contribution in [-0.2, 0) is 0 Å². The van der Waals surface area contributed by atoms with E-state index in [1.807, 2.05) is 25.1 Å². The second-order valence-electron chi connectivity index (χ2n) is 2.84. The van der Waals surface area contributed by atoms with E-state index in [1.54, 1.807) is 18.3 Å². The van der Waals surface area contributed by atoms with Gasteiger partial charge in [0.1, 0.15) is 5.75 Å². The fourth-order valence-corrected chi connectivity index (χ4v) is 0.959. The van der Waals surface area contributed by atoms with Crippen molar-refractivity contribution < 1.29 is 6.16 Å². The van der Waals surface area contributed by atoms with E-state index in [-0.39, 0.29) is 7.45 Å². The molecule has 0 aliphatic rings. The van der Waals surface area contributed by atoms with Crippen molar-refractivity contribution >= 4 is 6.02 Å². The fraction of sp³-hybridized carbons (Fsp3) is 0.273. The number of aliphatic imine (C=N–C) groups is 1. The number of nitrogens with one attached hydrogen (secondary N) is 1. The lowest BCUT2D eigenvalue weighted by atomic mass is 10.3. The predicted molar refractivity (Wildman–Crippen MR) is 60.5 cm³/mol. The molecule has 0 spiro atoms. The number of ether oxygens (including phenoxy) is 1. The van der Waals surface area contributed by atoms with Crippen LogP contribution in [0.15, 0.2) is 35.3 Å². The van der Waals surface area contributed by atoms with Gasteiger partial charge in [-0.25, -0.2) is 10.3 Å². The van der Waals surface area contributed by atoms with Crippen LogP contribution in [0.5, 0.6) is 5.75 Å². The number of amidine groups is 1. The van der Waals surface area contributed by atoms with Gasteiger partial charge in [-0.3, -0.25) is 0 Å². The number of hydrogen-bond donors (Lipinski definition) is 1. The number of benzene rings is 1. The topological polar surface area (TPSA) is 57.4 Å². The van der Waals surface area contributed by atoms with Crippen molar-refractivity contribution in [2.45, 2.75) is 13.3 Å². The van der Waals surface area contributed by atoms with Gasteiger partial charge in [-0.1, -0.05) is 25.1 Å². The molecule has 4 nitrogen and oxygen atoms in total. The zero-order chi connectivity index (χ0) is 10.9. The van der Waals surface area contributed by atoms with Crippen LogP contribution in [0, 0.1) is 11.5 Å². The largest absolute Gasteiger partial charge is 0.425 e. The SMILES string of the molecule is CCCN=C(NC#N)Oc1ccccc1.[HH]. The summed E-state index contributed by atoms with van der Waals surface area (Å²) >= 11 is 0. The van der Waals surface area contributed by atoms with E-state index >= 15 is 0 Å². The van der Waals surface area contributed by atoms with Crippen molar-refractivity contribution in [2.24, 2.45) is 4.99 Å². The van der Waals surface area contributed by atoms with Crippen LogP contribution >= 0.6 is 0 Å². The highest BCUT2D eigenvalue weighted by Gasteiger charge is 1.99. The Hall–Kier alpha value is -2.02. The highest BCUT2D eigenvalue weighted by Crippen LogP contribution is 2.08. The van der Waals surface area contributed by atoms with Crippen LogP contribution in [-0.4, -0.2) is 12.6 Å². The smallest absolute Gasteiger partial charge is 0.303 e. The Morgan fingerprint density at radius 3 is 2.87 bits per heavy atom. The van der Waals surface area contributed by atoms with Crippen molar-refractivity contribution in [3.05, 3.63) is 30.3 Å². The lowest BCUT2D eigenvalue weighted by molar-refractivity contribution is 0.526. The van der Waals surface area contributed by atoms with Crippen LogP contribution in [0.4, 0.5) is 0 Å². The van der Waals surface area contributed by atoms with Crippen molar-refractivity contribution in [2.75, 3.05) is 6.54 Å². The third-order valence-electron chi connectivity index (χ3n) is 1.60. The third kappa shape index (κ3) is 4.14. The molecule has 0 saturated carbocycles. The van der Waals surface area contributed by atoms with Gasteiger partial charge in [0.05, 0.1) is 0 Å². The number of hydrogen-bond acceptors (Lipinski definition) is 3. The van der Waals surface area contributed by atoms with Crippen molar-refractivity contribution in [1.29, 1.82) is 5.26 Å². The molecule has 0 bridgehead atoms. The molecule has 0 aromatic heterocycles. The van der Waals surface area contributed by atoms with Gasteiger partial charge in [-0.2, -0.15) is 5.26 Å². The summed E-state index contributed by atoms with van der Waals surface area (Å²) in [5, 5.41) is 10.9. The molecule has 0 radical (unpaired) electrons. The highest BCUT2D eigenvalue weighted by atomic mass is 16.5. The second-order valence-corrected chi connectivity index (χ2v) is 2.84. The maximum atomic E-state index is 8.49. The molecule has 1 aromatic rings. The fourth-order valence-electron chi connectivity index (χ4n) is 0.959. The molecule has 0 aliphatic carbocycles. The quantitative estimate of drug-likeness (QED) is 0.356. The van der Waals surface area contributed by atoms with Crippen LogP contribution in [0.2, 0.25) is 0 Å². The number of para-hydroxylation sites is 1. The zero-order valence-electron chi connectivity index (χ0n) is 8.60. The molecule has 0 fully saturated rings. The normalized spacial score (nSPS) is 10.5. The first-order chi connectivity index (χ1) is 7.36. The molecule has 0 atom stereocenters. The van der Waals surface area contributed by atoms with Crippen LogP contribution in [0.1, 0.15) is 14.8 Å². The molecule has 0 amide bonds. The molecule has 80 valence electrons. The summed E-state index contributed by atoms with van der Waals surface area (Å²) in [6.45, 7) is 2.65. The van der Waals surface area contributed by atoms with Gasteiger partial charge >= 0.3 is 6.02 Å². The Morgan fingerprint density at radius 2 is 2.27 bits per heavy atom. The van der Waals surface area contributed by atoms with E-state index < -0.39 is 0 Å². The first-order valence-corrected chi connectivity index (χ1v) is 4.79. The van der Waals surface area contributed by atoms with Crippen molar-refractivity contribution in [1.82, 2.24) is 5.32 Å².